The van der Waals surface area contributed by atoms with Crippen LogP contribution in [0.3, 0.4) is 0 Å². The molecule has 0 saturated carbocycles. The monoisotopic (exact) mass is 464 g/mol. The van der Waals surface area contributed by atoms with E-state index in [9.17, 15) is 14.0 Å². The van der Waals surface area contributed by atoms with Crippen molar-refractivity contribution in [1.82, 2.24) is 0 Å². The Morgan fingerprint density at radius 2 is 1.73 bits per heavy atom. The van der Waals surface area contributed by atoms with E-state index in [0.29, 0.717) is 23.4 Å². The van der Waals surface area contributed by atoms with Crippen LogP contribution in [-0.4, -0.2) is 17.9 Å². The van der Waals surface area contributed by atoms with Crippen molar-refractivity contribution in [2.24, 2.45) is 0 Å². The first-order valence-electron chi connectivity index (χ1n) is 11.1. The lowest BCUT2D eigenvalue weighted by Gasteiger charge is -2.44. The van der Waals surface area contributed by atoms with Gasteiger partial charge in [-0.2, -0.15) is 0 Å². The predicted octanol–water partition coefficient (Wildman–Crippen LogP) is 6.71. The summed E-state index contributed by atoms with van der Waals surface area (Å²) in [6.07, 6.45) is 0.923. The lowest BCUT2D eigenvalue weighted by atomic mass is 9.86. The van der Waals surface area contributed by atoms with Crippen molar-refractivity contribution in [3.63, 3.8) is 0 Å². The number of amides is 2. The first-order chi connectivity index (χ1) is 15.8. The summed E-state index contributed by atoms with van der Waals surface area (Å²) in [7, 11) is 0. The minimum atomic E-state index is -0.383. The summed E-state index contributed by atoms with van der Waals surface area (Å²) >= 11 is 6.10. The number of fused-ring (bicyclic) bond motifs is 1. The van der Waals surface area contributed by atoms with Crippen molar-refractivity contribution < 1.29 is 14.0 Å². The number of anilines is 2. The maximum Gasteiger partial charge on any atom is 0.258 e. The number of aryl methyl sites for hydroxylation is 1. The molecular formula is C27H26ClFN2O2. The maximum absolute atomic E-state index is 13.5. The number of rotatable bonds is 4. The van der Waals surface area contributed by atoms with E-state index in [1.165, 1.54) is 24.3 Å². The van der Waals surface area contributed by atoms with Crippen LogP contribution in [0.5, 0.6) is 0 Å². The van der Waals surface area contributed by atoms with Gasteiger partial charge in [-0.25, -0.2) is 4.39 Å². The topological polar surface area (TPSA) is 40.6 Å². The minimum absolute atomic E-state index is 0.00189. The average molecular weight is 465 g/mol. The summed E-state index contributed by atoms with van der Waals surface area (Å²) < 4.78 is 13.4. The molecule has 0 aliphatic carbocycles. The molecule has 3 aromatic rings. The summed E-state index contributed by atoms with van der Waals surface area (Å²) in [5, 5.41) is 0.604. The van der Waals surface area contributed by atoms with Gasteiger partial charge in [0.05, 0.1) is 6.04 Å². The molecule has 4 rings (SSSR count). The molecule has 0 saturated heterocycles. The first kappa shape index (κ1) is 23.0. The standard InChI is InChI=1S/C27H26ClFN2O2/c1-4-25(32)31(22-14-10-20(28)11-15-22)24-16-18(3)30(23-7-5-6-17(2)26(23)24)27(33)19-8-12-21(29)13-9-19/h5-15,18,24H,4,16H2,1-3H3. The van der Waals surface area contributed by atoms with Crippen LogP contribution in [0.2, 0.25) is 5.02 Å². The Kier molecular flexibility index (Phi) is 6.52. The summed E-state index contributed by atoms with van der Waals surface area (Å²) in [5.41, 5.74) is 3.92. The fraction of sp³-hybridized carbons (Fsp3) is 0.259. The van der Waals surface area contributed by atoms with Crippen LogP contribution in [0.1, 0.15) is 54.2 Å². The van der Waals surface area contributed by atoms with Crippen molar-refractivity contribution in [2.75, 3.05) is 9.80 Å². The fourth-order valence-electron chi connectivity index (χ4n) is 4.64. The van der Waals surface area contributed by atoms with Crippen LogP contribution < -0.4 is 9.80 Å². The molecule has 170 valence electrons. The Morgan fingerprint density at radius 1 is 1.06 bits per heavy atom. The van der Waals surface area contributed by atoms with Crippen LogP contribution in [-0.2, 0) is 4.79 Å². The van der Waals surface area contributed by atoms with Gasteiger partial charge in [0.1, 0.15) is 5.82 Å². The fourth-order valence-corrected chi connectivity index (χ4v) is 4.76. The Labute approximate surface area is 198 Å². The van der Waals surface area contributed by atoms with Gasteiger partial charge in [-0.3, -0.25) is 9.59 Å². The van der Waals surface area contributed by atoms with Gasteiger partial charge in [-0.05, 0) is 80.4 Å². The lowest BCUT2D eigenvalue weighted by molar-refractivity contribution is -0.118. The molecule has 2 atom stereocenters. The highest BCUT2D eigenvalue weighted by atomic mass is 35.5. The lowest BCUT2D eigenvalue weighted by Crippen LogP contribution is -2.48. The van der Waals surface area contributed by atoms with Gasteiger partial charge in [0.15, 0.2) is 0 Å². The molecule has 0 spiro atoms. The van der Waals surface area contributed by atoms with Gasteiger partial charge in [-0.15, -0.1) is 0 Å². The molecule has 4 nitrogen and oxygen atoms in total. The predicted molar refractivity (Wildman–Crippen MR) is 130 cm³/mol. The molecule has 33 heavy (non-hydrogen) atoms. The van der Waals surface area contributed by atoms with E-state index in [0.717, 1.165) is 22.5 Å². The third-order valence-electron chi connectivity index (χ3n) is 6.20. The van der Waals surface area contributed by atoms with E-state index in [4.69, 9.17) is 11.6 Å². The van der Waals surface area contributed by atoms with E-state index in [-0.39, 0.29) is 29.7 Å². The highest BCUT2D eigenvalue weighted by Crippen LogP contribution is 2.44. The van der Waals surface area contributed by atoms with Crippen molar-refractivity contribution in [3.05, 3.63) is 94.3 Å². The average Bonchev–Trinajstić information content (AvgIpc) is 2.80. The van der Waals surface area contributed by atoms with Gasteiger partial charge in [-0.1, -0.05) is 30.7 Å². The van der Waals surface area contributed by atoms with Crippen molar-refractivity contribution in [3.8, 4) is 0 Å². The van der Waals surface area contributed by atoms with Gasteiger partial charge in [0, 0.05) is 40.0 Å². The van der Waals surface area contributed by atoms with Crippen molar-refractivity contribution in [1.29, 1.82) is 0 Å². The van der Waals surface area contributed by atoms with Gasteiger partial charge < -0.3 is 9.80 Å². The van der Waals surface area contributed by atoms with Gasteiger partial charge in [0.2, 0.25) is 5.91 Å². The summed E-state index contributed by atoms with van der Waals surface area (Å²) in [5.74, 6) is -0.569. The number of benzene rings is 3. The van der Waals surface area contributed by atoms with Crippen LogP contribution in [0, 0.1) is 12.7 Å². The summed E-state index contributed by atoms with van der Waals surface area (Å²) in [4.78, 5) is 30.2. The van der Waals surface area contributed by atoms with E-state index in [1.54, 1.807) is 17.0 Å². The Morgan fingerprint density at radius 3 is 2.36 bits per heavy atom. The van der Waals surface area contributed by atoms with Crippen molar-refractivity contribution >= 4 is 34.8 Å². The van der Waals surface area contributed by atoms with E-state index < -0.39 is 0 Å². The molecule has 0 radical (unpaired) electrons. The first-order valence-corrected chi connectivity index (χ1v) is 11.5. The number of carbonyl (C=O) groups is 2. The zero-order chi connectivity index (χ0) is 23.7. The quantitative estimate of drug-likeness (QED) is 0.430. The Balaban J connectivity index is 1.83. The molecule has 1 aliphatic heterocycles. The number of hydrogen-bond donors (Lipinski definition) is 0. The second kappa shape index (κ2) is 9.36. The largest absolute Gasteiger partial charge is 0.305 e. The molecule has 6 heteroatoms. The second-order valence-corrected chi connectivity index (χ2v) is 8.82. The third kappa shape index (κ3) is 4.38. The van der Waals surface area contributed by atoms with Gasteiger partial charge >= 0.3 is 0 Å². The molecule has 3 aromatic carbocycles. The molecule has 2 unspecified atom stereocenters. The van der Waals surface area contributed by atoms with Crippen LogP contribution in [0.4, 0.5) is 15.8 Å². The summed E-state index contributed by atoms with van der Waals surface area (Å²) in [6.45, 7) is 5.83. The van der Waals surface area contributed by atoms with E-state index in [2.05, 4.69) is 0 Å². The smallest absolute Gasteiger partial charge is 0.258 e. The normalized spacial score (nSPS) is 17.4. The summed E-state index contributed by atoms with van der Waals surface area (Å²) in [6, 6.07) is 18.3. The zero-order valence-corrected chi connectivity index (χ0v) is 19.6. The van der Waals surface area contributed by atoms with Crippen LogP contribution >= 0.6 is 11.6 Å². The molecule has 0 aromatic heterocycles. The molecular weight excluding hydrogens is 439 g/mol. The van der Waals surface area contributed by atoms with Crippen molar-refractivity contribution in [2.45, 2.75) is 45.7 Å². The number of hydrogen-bond acceptors (Lipinski definition) is 2. The number of halogens is 2. The Bertz CT molecular complexity index is 1180. The van der Waals surface area contributed by atoms with Gasteiger partial charge in [0.25, 0.3) is 5.91 Å². The molecule has 1 aliphatic rings. The van der Waals surface area contributed by atoms with Crippen LogP contribution in [0.15, 0.2) is 66.7 Å². The van der Waals surface area contributed by atoms with E-state index >= 15 is 0 Å². The zero-order valence-electron chi connectivity index (χ0n) is 18.9. The molecule has 1 heterocycles. The highest BCUT2D eigenvalue weighted by Gasteiger charge is 2.39. The minimum Gasteiger partial charge on any atom is -0.305 e. The van der Waals surface area contributed by atoms with Crippen LogP contribution in [0.25, 0.3) is 0 Å². The number of carbonyl (C=O) groups excluding carboxylic acids is 2. The Hall–Kier alpha value is -3.18. The molecule has 2 amide bonds. The number of nitrogens with zero attached hydrogens (tertiary/aromatic N) is 2. The highest BCUT2D eigenvalue weighted by molar-refractivity contribution is 6.30. The molecule has 0 bridgehead atoms. The second-order valence-electron chi connectivity index (χ2n) is 8.38. The molecule has 0 N–H and O–H groups in total. The SMILES string of the molecule is CCC(=O)N(c1ccc(Cl)cc1)C1CC(C)N(C(=O)c2ccc(F)cc2)c2cccc(C)c21. The maximum atomic E-state index is 13.5. The van der Waals surface area contributed by atoms with E-state index in [1.807, 2.05) is 56.0 Å². The third-order valence-corrected chi connectivity index (χ3v) is 6.45. The molecule has 0 fully saturated rings.